The molecule has 0 aliphatic carbocycles. The van der Waals surface area contributed by atoms with Crippen LogP contribution in [0.5, 0.6) is 0 Å². The van der Waals surface area contributed by atoms with E-state index in [9.17, 15) is 13.2 Å². The summed E-state index contributed by atoms with van der Waals surface area (Å²) in [4.78, 5) is 20.5. The maximum Gasteiger partial charge on any atom is 0.433 e. The molecule has 3 heterocycles. The molecule has 9 heteroatoms. The smallest absolute Gasteiger partial charge is 0.353 e. The normalized spacial score (nSPS) is 17.5. The number of anilines is 2. The Hall–Kier alpha value is -2.97. The number of para-hydroxylation sites is 2. The van der Waals surface area contributed by atoms with Crippen molar-refractivity contribution in [3.05, 3.63) is 48.4 Å². The Bertz CT molecular complexity index is 961. The molecule has 140 valence electrons. The number of likely N-dealkylation sites (N-methyl/N-ethyl adjacent to an activating group) is 1. The summed E-state index contributed by atoms with van der Waals surface area (Å²) in [5.41, 5.74) is 0.703. The van der Waals surface area contributed by atoms with Crippen molar-refractivity contribution in [3.8, 4) is 0 Å². The van der Waals surface area contributed by atoms with Crippen LogP contribution in [0.4, 0.5) is 24.9 Å². The van der Waals surface area contributed by atoms with Crippen LogP contribution in [0.15, 0.2) is 42.7 Å². The molecule has 1 aromatic carbocycles. The van der Waals surface area contributed by atoms with Gasteiger partial charge in [-0.25, -0.2) is 15.0 Å². The summed E-state index contributed by atoms with van der Waals surface area (Å²) in [6.07, 6.45) is -0.847. The van der Waals surface area contributed by atoms with Crippen LogP contribution < -0.4 is 9.80 Å². The molecule has 6 nitrogen and oxygen atoms in total. The number of halogens is 3. The summed E-state index contributed by atoms with van der Waals surface area (Å²) < 4.78 is 38.7. The quantitative estimate of drug-likeness (QED) is 0.702. The first-order valence-electron chi connectivity index (χ1n) is 8.51. The third-order valence-electron chi connectivity index (χ3n) is 4.72. The fourth-order valence-corrected chi connectivity index (χ4v) is 3.21. The molecule has 1 fully saturated rings. The first-order valence-corrected chi connectivity index (χ1v) is 8.51. The maximum absolute atomic E-state index is 12.9. The van der Waals surface area contributed by atoms with E-state index in [0.29, 0.717) is 6.54 Å². The summed E-state index contributed by atoms with van der Waals surface area (Å²) in [6, 6.07) is 8.49. The second-order valence-corrected chi connectivity index (χ2v) is 6.46. The Balaban J connectivity index is 1.51. The molecule has 3 aromatic rings. The molecule has 27 heavy (non-hydrogen) atoms. The van der Waals surface area contributed by atoms with Gasteiger partial charge in [0, 0.05) is 26.3 Å². The van der Waals surface area contributed by atoms with Crippen molar-refractivity contribution >= 4 is 22.8 Å². The second kappa shape index (κ2) is 6.64. The minimum absolute atomic E-state index is 0.0123. The molecule has 1 unspecified atom stereocenters. The SMILES string of the molecule is CN(c1nccc(C(F)(F)F)n1)C1CCN(c2cnc3ccccc3n2)C1. The lowest BCUT2D eigenvalue weighted by atomic mass is 10.2. The van der Waals surface area contributed by atoms with Crippen molar-refractivity contribution in [3.63, 3.8) is 0 Å². The minimum atomic E-state index is -4.49. The zero-order valence-electron chi connectivity index (χ0n) is 14.6. The van der Waals surface area contributed by atoms with Gasteiger partial charge in [-0.1, -0.05) is 12.1 Å². The molecule has 0 bridgehead atoms. The van der Waals surface area contributed by atoms with Crippen LogP contribution in [0.25, 0.3) is 11.0 Å². The van der Waals surface area contributed by atoms with E-state index in [1.54, 1.807) is 18.1 Å². The van der Waals surface area contributed by atoms with Crippen LogP contribution in [0.3, 0.4) is 0 Å². The van der Waals surface area contributed by atoms with E-state index >= 15 is 0 Å². The summed E-state index contributed by atoms with van der Waals surface area (Å²) in [5.74, 6) is 0.829. The molecule has 1 aliphatic rings. The molecule has 1 saturated heterocycles. The largest absolute Gasteiger partial charge is 0.433 e. The van der Waals surface area contributed by atoms with Crippen LogP contribution in [0, 0.1) is 0 Å². The summed E-state index contributed by atoms with van der Waals surface area (Å²) in [7, 11) is 1.72. The predicted molar refractivity (Wildman–Crippen MR) is 95.6 cm³/mol. The zero-order chi connectivity index (χ0) is 19.0. The van der Waals surface area contributed by atoms with Gasteiger partial charge in [0.25, 0.3) is 0 Å². The third kappa shape index (κ3) is 3.49. The molecule has 2 aromatic heterocycles. The molecule has 1 aliphatic heterocycles. The van der Waals surface area contributed by atoms with Gasteiger partial charge < -0.3 is 9.80 Å². The second-order valence-electron chi connectivity index (χ2n) is 6.46. The molecule has 0 radical (unpaired) electrons. The lowest BCUT2D eigenvalue weighted by molar-refractivity contribution is -0.141. The van der Waals surface area contributed by atoms with Crippen LogP contribution in [-0.2, 0) is 6.18 Å². The topological polar surface area (TPSA) is 58.0 Å². The van der Waals surface area contributed by atoms with Gasteiger partial charge in [0.05, 0.1) is 23.3 Å². The number of fused-ring (bicyclic) bond motifs is 1. The summed E-state index contributed by atoms with van der Waals surface area (Å²) in [6.45, 7) is 1.35. The van der Waals surface area contributed by atoms with Gasteiger partial charge in [0.15, 0.2) is 0 Å². The minimum Gasteiger partial charge on any atom is -0.353 e. The van der Waals surface area contributed by atoms with E-state index in [4.69, 9.17) is 0 Å². The molecular formula is C18H17F3N6. The number of hydrogen-bond donors (Lipinski definition) is 0. The fourth-order valence-electron chi connectivity index (χ4n) is 3.21. The molecule has 4 rings (SSSR count). The first kappa shape index (κ1) is 17.4. The molecule has 0 saturated carbocycles. The average Bonchev–Trinajstić information content (AvgIpc) is 3.16. The van der Waals surface area contributed by atoms with Gasteiger partial charge >= 0.3 is 6.18 Å². The van der Waals surface area contributed by atoms with Crippen molar-refractivity contribution in [2.45, 2.75) is 18.6 Å². The molecule has 0 spiro atoms. The number of alkyl halides is 3. The van der Waals surface area contributed by atoms with E-state index in [-0.39, 0.29) is 12.0 Å². The van der Waals surface area contributed by atoms with Crippen LogP contribution in [0.2, 0.25) is 0 Å². The highest BCUT2D eigenvalue weighted by Crippen LogP contribution is 2.29. The standard InChI is InChI=1S/C18H17F3N6/c1-26(17-22-8-6-15(25-17)18(19,20)21)12-7-9-27(11-12)16-10-23-13-4-2-3-5-14(13)24-16/h2-6,8,10,12H,7,9,11H2,1H3. The fraction of sp³-hybridized carbons (Fsp3) is 0.333. The highest BCUT2D eigenvalue weighted by molar-refractivity contribution is 5.75. The monoisotopic (exact) mass is 374 g/mol. The Labute approximate surface area is 153 Å². The Morgan fingerprint density at radius 2 is 1.85 bits per heavy atom. The number of hydrogen-bond acceptors (Lipinski definition) is 6. The maximum atomic E-state index is 12.9. The number of rotatable bonds is 3. The van der Waals surface area contributed by atoms with E-state index < -0.39 is 11.9 Å². The first-order chi connectivity index (χ1) is 12.9. The van der Waals surface area contributed by atoms with E-state index in [1.807, 2.05) is 24.3 Å². The molecule has 1 atom stereocenters. The Morgan fingerprint density at radius 3 is 2.63 bits per heavy atom. The lowest BCUT2D eigenvalue weighted by Crippen LogP contribution is -2.36. The highest BCUT2D eigenvalue weighted by Gasteiger charge is 2.34. The van der Waals surface area contributed by atoms with Gasteiger partial charge in [0.1, 0.15) is 11.5 Å². The van der Waals surface area contributed by atoms with Crippen molar-refractivity contribution in [2.24, 2.45) is 0 Å². The molecule has 0 N–H and O–H groups in total. The number of benzene rings is 1. The number of nitrogens with zero attached hydrogens (tertiary/aromatic N) is 6. The van der Waals surface area contributed by atoms with Crippen molar-refractivity contribution in [2.75, 3.05) is 29.9 Å². The number of aromatic nitrogens is 4. The van der Waals surface area contributed by atoms with Crippen molar-refractivity contribution in [1.82, 2.24) is 19.9 Å². The van der Waals surface area contributed by atoms with Crippen LogP contribution >= 0.6 is 0 Å². The van der Waals surface area contributed by atoms with E-state index in [2.05, 4.69) is 24.8 Å². The van der Waals surface area contributed by atoms with Crippen LogP contribution in [0.1, 0.15) is 12.1 Å². The van der Waals surface area contributed by atoms with E-state index in [1.165, 1.54) is 0 Å². The van der Waals surface area contributed by atoms with Gasteiger partial charge in [0.2, 0.25) is 5.95 Å². The molecule has 0 amide bonds. The summed E-state index contributed by atoms with van der Waals surface area (Å²) >= 11 is 0. The summed E-state index contributed by atoms with van der Waals surface area (Å²) in [5, 5.41) is 0. The van der Waals surface area contributed by atoms with Gasteiger partial charge in [-0.3, -0.25) is 4.98 Å². The van der Waals surface area contributed by atoms with Crippen molar-refractivity contribution in [1.29, 1.82) is 0 Å². The average molecular weight is 374 g/mol. The molecular weight excluding hydrogens is 357 g/mol. The van der Waals surface area contributed by atoms with Gasteiger partial charge in [-0.2, -0.15) is 13.2 Å². The predicted octanol–water partition coefficient (Wildman–Crippen LogP) is 3.15. The van der Waals surface area contributed by atoms with Gasteiger partial charge in [-0.05, 0) is 24.6 Å². The van der Waals surface area contributed by atoms with Crippen LogP contribution in [-0.4, -0.2) is 46.1 Å². The van der Waals surface area contributed by atoms with Gasteiger partial charge in [-0.15, -0.1) is 0 Å². The van der Waals surface area contributed by atoms with Crippen molar-refractivity contribution < 1.29 is 13.2 Å². The third-order valence-corrected chi connectivity index (χ3v) is 4.72. The zero-order valence-corrected chi connectivity index (χ0v) is 14.6. The Kier molecular flexibility index (Phi) is 4.29. The Morgan fingerprint density at radius 1 is 1.07 bits per heavy atom. The lowest BCUT2D eigenvalue weighted by Gasteiger charge is -2.25. The van der Waals surface area contributed by atoms with E-state index in [0.717, 1.165) is 42.1 Å². The highest BCUT2D eigenvalue weighted by atomic mass is 19.4.